The van der Waals surface area contributed by atoms with Crippen LogP contribution in [-0.2, 0) is 42.3 Å². The van der Waals surface area contributed by atoms with Gasteiger partial charge in [-0.15, -0.1) is 0 Å². The summed E-state index contributed by atoms with van der Waals surface area (Å²) in [4.78, 5) is 0. The summed E-state index contributed by atoms with van der Waals surface area (Å²) in [5.74, 6) is 0. The van der Waals surface area contributed by atoms with E-state index in [1.54, 1.807) is 0 Å². The molecule has 0 radical (unpaired) electrons. The number of likely N-dealkylation sites (N-methyl/N-ethyl adjacent to an activating group) is 1. The van der Waals surface area contributed by atoms with Crippen molar-refractivity contribution >= 4 is 8.32 Å². The first kappa shape index (κ1) is 32.8. The lowest BCUT2D eigenvalue weighted by atomic mass is 10.6. The average molecular weight is 500 g/mol. The average Bonchev–Trinajstić information content (AvgIpc) is 2.78. The largest absolute Gasteiger partial charge is 0.415 e. The van der Waals surface area contributed by atoms with E-state index in [4.69, 9.17) is 42.3 Å². The van der Waals surface area contributed by atoms with Crippen molar-refractivity contribution in [1.29, 1.82) is 0 Å². The maximum absolute atomic E-state index is 5.70. The predicted octanol–water partition coefficient (Wildman–Crippen LogP) is 1.19. The van der Waals surface area contributed by atoms with Gasteiger partial charge in [-0.3, -0.25) is 0 Å². The van der Waals surface area contributed by atoms with E-state index in [1.165, 1.54) is 0 Å². The Bertz CT molecular complexity index is 376. The molecule has 0 aromatic carbocycles. The summed E-state index contributed by atoms with van der Waals surface area (Å²) < 4.78 is 49.1. The van der Waals surface area contributed by atoms with Crippen molar-refractivity contribution in [3.63, 3.8) is 0 Å². The lowest BCUT2D eigenvalue weighted by molar-refractivity contribution is -0.0235. The fourth-order valence-electron chi connectivity index (χ4n) is 2.22. The number of hydrogen-bond donors (Lipinski definition) is 1. The van der Waals surface area contributed by atoms with E-state index in [0.29, 0.717) is 112 Å². The van der Waals surface area contributed by atoms with Gasteiger partial charge in [0.25, 0.3) is 0 Å². The smallest absolute Gasteiger partial charge is 0.183 e. The maximum atomic E-state index is 5.70. The molecule has 0 rings (SSSR count). The van der Waals surface area contributed by atoms with Crippen molar-refractivity contribution < 1.29 is 42.3 Å². The molecule has 200 valence electrons. The van der Waals surface area contributed by atoms with Gasteiger partial charge in [-0.2, -0.15) is 0 Å². The Hall–Kier alpha value is -0.183. The lowest BCUT2D eigenvalue weighted by Gasteiger charge is -2.16. The molecule has 0 atom stereocenters. The minimum atomic E-state index is -1.44. The third-order valence-electron chi connectivity index (χ3n) is 3.86. The van der Waals surface area contributed by atoms with Crippen molar-refractivity contribution in [2.24, 2.45) is 0 Å². The number of ether oxygens (including phenoxy) is 8. The van der Waals surface area contributed by atoms with Crippen molar-refractivity contribution in [2.75, 3.05) is 126 Å². The minimum Gasteiger partial charge on any atom is -0.415 e. The van der Waals surface area contributed by atoms with Gasteiger partial charge < -0.3 is 47.6 Å². The molecule has 0 bridgehead atoms. The monoisotopic (exact) mass is 499 g/mol. The maximum Gasteiger partial charge on any atom is 0.183 e. The van der Waals surface area contributed by atoms with E-state index in [-0.39, 0.29) is 0 Å². The molecule has 1 N–H and O–H groups in total. The number of nitrogens with one attached hydrogen (secondary N) is 1. The first-order chi connectivity index (χ1) is 16.1. The molecule has 0 aromatic heterocycles. The molecule has 11 heteroatoms. The van der Waals surface area contributed by atoms with Crippen LogP contribution >= 0.6 is 0 Å². The van der Waals surface area contributed by atoms with Crippen LogP contribution in [0.2, 0.25) is 19.6 Å². The van der Waals surface area contributed by atoms with E-state index < -0.39 is 8.32 Å². The van der Waals surface area contributed by atoms with Crippen LogP contribution < -0.4 is 5.32 Å². The van der Waals surface area contributed by atoms with Gasteiger partial charge in [0.05, 0.1) is 112 Å². The van der Waals surface area contributed by atoms with Crippen LogP contribution in [0.1, 0.15) is 0 Å². The fraction of sp³-hybridized carbons (Fsp3) is 1.00. The van der Waals surface area contributed by atoms with Crippen LogP contribution in [0.25, 0.3) is 0 Å². The molecule has 0 amide bonds. The highest BCUT2D eigenvalue weighted by Crippen LogP contribution is 2.01. The van der Waals surface area contributed by atoms with Crippen LogP contribution in [0.15, 0.2) is 0 Å². The van der Waals surface area contributed by atoms with Crippen LogP contribution in [0.5, 0.6) is 0 Å². The van der Waals surface area contributed by atoms with Gasteiger partial charge in [0.1, 0.15) is 0 Å². The topological polar surface area (TPSA) is 95.1 Å². The van der Waals surface area contributed by atoms with Gasteiger partial charge in [0.15, 0.2) is 8.32 Å². The van der Waals surface area contributed by atoms with Gasteiger partial charge in [-0.1, -0.05) is 0 Å². The molecule has 0 unspecified atom stereocenters. The molecular weight excluding hydrogens is 450 g/mol. The van der Waals surface area contributed by atoms with E-state index in [9.17, 15) is 0 Å². The highest BCUT2D eigenvalue weighted by molar-refractivity contribution is 6.69. The second-order valence-electron chi connectivity index (χ2n) is 7.96. The molecule has 0 saturated heterocycles. The summed E-state index contributed by atoms with van der Waals surface area (Å²) in [5, 5.41) is 3.02. The molecule has 0 saturated carbocycles. The van der Waals surface area contributed by atoms with E-state index >= 15 is 0 Å². The Balaban J connectivity index is 3.03. The van der Waals surface area contributed by atoms with Crippen LogP contribution in [0, 0.1) is 0 Å². The molecule has 0 aliphatic carbocycles. The molecule has 0 fully saturated rings. The molecule has 10 nitrogen and oxygen atoms in total. The van der Waals surface area contributed by atoms with Gasteiger partial charge in [0.2, 0.25) is 0 Å². The molecule has 0 spiro atoms. The van der Waals surface area contributed by atoms with Crippen LogP contribution in [-0.4, -0.2) is 134 Å². The predicted molar refractivity (Wildman–Crippen MR) is 130 cm³/mol. The third-order valence-corrected chi connectivity index (χ3v) is 4.93. The second kappa shape index (κ2) is 26.4. The van der Waals surface area contributed by atoms with Gasteiger partial charge in [-0.25, -0.2) is 0 Å². The normalized spacial score (nSPS) is 12.0. The van der Waals surface area contributed by atoms with Crippen molar-refractivity contribution in [2.45, 2.75) is 19.6 Å². The lowest BCUT2D eigenvalue weighted by Crippen LogP contribution is -2.27. The summed E-state index contributed by atoms with van der Waals surface area (Å²) in [6, 6.07) is 0. The summed E-state index contributed by atoms with van der Waals surface area (Å²) in [5.41, 5.74) is 0. The Morgan fingerprint density at radius 1 is 0.394 bits per heavy atom. The van der Waals surface area contributed by atoms with Gasteiger partial charge in [0, 0.05) is 6.54 Å². The minimum absolute atomic E-state index is 0.537. The van der Waals surface area contributed by atoms with Gasteiger partial charge >= 0.3 is 0 Å². The Kier molecular flexibility index (Phi) is 26.3. The number of hydrogen-bond acceptors (Lipinski definition) is 10. The third kappa shape index (κ3) is 31.8. The molecular formula is C22H49NO9Si. The second-order valence-corrected chi connectivity index (χ2v) is 12.5. The molecule has 33 heavy (non-hydrogen) atoms. The first-order valence-electron chi connectivity index (χ1n) is 12.0. The van der Waals surface area contributed by atoms with Crippen molar-refractivity contribution in [3.05, 3.63) is 0 Å². The fourth-order valence-corrected chi connectivity index (χ4v) is 2.92. The number of rotatable bonds is 28. The zero-order chi connectivity index (χ0) is 24.3. The van der Waals surface area contributed by atoms with Crippen LogP contribution in [0.4, 0.5) is 0 Å². The van der Waals surface area contributed by atoms with Crippen LogP contribution in [0.3, 0.4) is 0 Å². The zero-order valence-electron chi connectivity index (χ0n) is 21.4. The zero-order valence-corrected chi connectivity index (χ0v) is 22.4. The summed E-state index contributed by atoms with van der Waals surface area (Å²) in [6.07, 6.45) is 0. The Morgan fingerprint density at radius 2 is 0.636 bits per heavy atom. The SMILES string of the molecule is CNCCOCCOCCOCCOCCOCCOCCOCCOCCO[Si](C)(C)C. The highest BCUT2D eigenvalue weighted by Gasteiger charge is 2.12. The van der Waals surface area contributed by atoms with Crippen molar-refractivity contribution in [3.8, 4) is 0 Å². The van der Waals surface area contributed by atoms with E-state index in [2.05, 4.69) is 25.0 Å². The molecule has 0 heterocycles. The summed E-state index contributed by atoms with van der Waals surface area (Å²) >= 11 is 0. The molecule has 0 aliphatic heterocycles. The highest BCUT2D eigenvalue weighted by atomic mass is 28.4. The summed E-state index contributed by atoms with van der Waals surface area (Å²) in [6.45, 7) is 17.1. The summed E-state index contributed by atoms with van der Waals surface area (Å²) in [7, 11) is 0.462. The van der Waals surface area contributed by atoms with Crippen molar-refractivity contribution in [1.82, 2.24) is 5.32 Å². The molecule has 0 aliphatic rings. The molecule has 0 aromatic rings. The first-order valence-corrected chi connectivity index (χ1v) is 15.4. The van der Waals surface area contributed by atoms with E-state index in [0.717, 1.165) is 6.54 Å². The quantitative estimate of drug-likeness (QED) is 0.125. The van der Waals surface area contributed by atoms with Gasteiger partial charge in [-0.05, 0) is 26.7 Å². The Morgan fingerprint density at radius 3 is 0.879 bits per heavy atom. The standard InChI is InChI=1S/C22H49NO9Si/c1-23-5-6-24-7-8-25-9-10-26-11-12-27-13-14-28-15-16-29-17-18-30-19-20-31-21-22-32-33(2,3)4/h23H,5-22H2,1-4H3. The van der Waals surface area contributed by atoms with E-state index in [1.807, 2.05) is 7.05 Å². The Labute approximate surface area is 201 Å².